The molecule has 0 aliphatic carbocycles. The van der Waals surface area contributed by atoms with Crippen LogP contribution in [0.2, 0.25) is 0 Å². The summed E-state index contributed by atoms with van der Waals surface area (Å²) in [7, 11) is 1.61. The Balaban J connectivity index is 1.51. The fourth-order valence-electron chi connectivity index (χ4n) is 3.52. The molecule has 146 valence electrons. The summed E-state index contributed by atoms with van der Waals surface area (Å²) < 4.78 is 12.6. The number of hydrogen-bond acceptors (Lipinski definition) is 6. The highest BCUT2D eigenvalue weighted by atomic mass is 16.5. The number of benzene rings is 1. The first-order chi connectivity index (χ1) is 13.7. The molecule has 4 rings (SSSR count). The first-order valence-electron chi connectivity index (χ1n) is 9.49. The van der Waals surface area contributed by atoms with E-state index in [9.17, 15) is 4.79 Å². The summed E-state index contributed by atoms with van der Waals surface area (Å²) in [6.07, 6.45) is 3.63. The number of amides is 1. The lowest BCUT2D eigenvalue weighted by Crippen LogP contribution is -2.39. The lowest BCUT2D eigenvalue weighted by molar-refractivity contribution is 0.0696. The third-order valence-corrected chi connectivity index (χ3v) is 5.04. The van der Waals surface area contributed by atoms with E-state index < -0.39 is 0 Å². The maximum absolute atomic E-state index is 12.8. The van der Waals surface area contributed by atoms with Crippen LogP contribution in [-0.4, -0.2) is 50.9 Å². The van der Waals surface area contributed by atoms with Gasteiger partial charge in [-0.1, -0.05) is 17.3 Å². The molecule has 28 heavy (non-hydrogen) atoms. The number of para-hydroxylation sites is 1. The van der Waals surface area contributed by atoms with Crippen molar-refractivity contribution in [2.45, 2.75) is 32.2 Å². The molecule has 8 heteroatoms. The van der Waals surface area contributed by atoms with Crippen LogP contribution in [0.5, 0.6) is 5.75 Å². The van der Waals surface area contributed by atoms with Gasteiger partial charge < -0.3 is 14.2 Å². The lowest BCUT2D eigenvalue weighted by Gasteiger charge is -2.30. The van der Waals surface area contributed by atoms with Crippen molar-refractivity contribution in [2.75, 3.05) is 20.2 Å². The molecule has 1 aromatic carbocycles. The van der Waals surface area contributed by atoms with Gasteiger partial charge in [-0.3, -0.25) is 9.48 Å². The number of aryl methyl sites for hydroxylation is 1. The van der Waals surface area contributed by atoms with Crippen LogP contribution in [0.1, 0.15) is 42.0 Å². The van der Waals surface area contributed by atoms with Crippen LogP contribution in [0.3, 0.4) is 0 Å². The van der Waals surface area contributed by atoms with Crippen molar-refractivity contribution in [1.82, 2.24) is 24.8 Å². The van der Waals surface area contributed by atoms with Gasteiger partial charge >= 0.3 is 0 Å². The number of ether oxygens (including phenoxy) is 1. The number of piperidine rings is 1. The average Bonchev–Trinajstić information content (AvgIpc) is 3.43. The second-order valence-electron chi connectivity index (χ2n) is 6.81. The van der Waals surface area contributed by atoms with Crippen molar-refractivity contribution in [3.05, 3.63) is 48.0 Å². The van der Waals surface area contributed by atoms with E-state index in [1.165, 1.54) is 0 Å². The Labute approximate surface area is 163 Å². The van der Waals surface area contributed by atoms with Crippen LogP contribution < -0.4 is 4.74 Å². The third kappa shape index (κ3) is 3.49. The molecule has 3 heterocycles. The molecule has 2 aromatic heterocycles. The van der Waals surface area contributed by atoms with Crippen LogP contribution in [0.25, 0.3) is 11.5 Å². The fraction of sp³-hybridized carbons (Fsp3) is 0.400. The number of likely N-dealkylation sites (tertiary alicyclic amines) is 1. The van der Waals surface area contributed by atoms with E-state index in [1.807, 2.05) is 42.3 Å². The fourth-order valence-corrected chi connectivity index (χ4v) is 3.52. The molecule has 0 N–H and O–H groups in total. The van der Waals surface area contributed by atoms with Crippen LogP contribution in [0, 0.1) is 0 Å². The van der Waals surface area contributed by atoms with Crippen molar-refractivity contribution in [2.24, 2.45) is 0 Å². The van der Waals surface area contributed by atoms with Crippen molar-refractivity contribution >= 4 is 5.91 Å². The average molecular weight is 381 g/mol. The van der Waals surface area contributed by atoms with Gasteiger partial charge in [0.2, 0.25) is 0 Å². The molecule has 1 fully saturated rings. The summed E-state index contributed by atoms with van der Waals surface area (Å²) in [5.41, 5.74) is 1.24. The molecule has 0 bridgehead atoms. The Morgan fingerprint density at radius 1 is 1.32 bits per heavy atom. The predicted octanol–water partition coefficient (Wildman–Crippen LogP) is 2.98. The highest BCUT2D eigenvalue weighted by Gasteiger charge is 2.29. The Hall–Kier alpha value is -3.16. The summed E-state index contributed by atoms with van der Waals surface area (Å²) in [6.45, 7) is 4.01. The number of hydrogen-bond donors (Lipinski definition) is 0. The van der Waals surface area contributed by atoms with Gasteiger partial charge in [-0.2, -0.15) is 10.1 Å². The second kappa shape index (κ2) is 7.84. The summed E-state index contributed by atoms with van der Waals surface area (Å²) >= 11 is 0. The van der Waals surface area contributed by atoms with Crippen molar-refractivity contribution < 1.29 is 14.1 Å². The number of nitrogens with zero attached hydrogens (tertiary/aromatic N) is 5. The number of carbonyl (C=O) groups excluding carboxylic acids is 1. The molecule has 3 aromatic rings. The van der Waals surface area contributed by atoms with Gasteiger partial charge in [-0.05, 0) is 38.0 Å². The van der Waals surface area contributed by atoms with E-state index in [0.29, 0.717) is 36.2 Å². The quantitative estimate of drug-likeness (QED) is 0.675. The summed E-state index contributed by atoms with van der Waals surface area (Å²) in [5.74, 6) is 1.73. The van der Waals surface area contributed by atoms with Crippen LogP contribution >= 0.6 is 0 Å². The van der Waals surface area contributed by atoms with E-state index in [-0.39, 0.29) is 11.8 Å². The molecule has 1 atom stereocenters. The van der Waals surface area contributed by atoms with Gasteiger partial charge in [0.1, 0.15) is 11.4 Å². The minimum Gasteiger partial charge on any atom is -0.496 e. The first kappa shape index (κ1) is 18.2. The minimum atomic E-state index is -0.0506. The van der Waals surface area contributed by atoms with E-state index >= 15 is 0 Å². The van der Waals surface area contributed by atoms with Gasteiger partial charge in [-0.25, -0.2) is 0 Å². The maximum Gasteiger partial charge on any atom is 0.274 e. The maximum atomic E-state index is 12.8. The SMILES string of the molecule is CCn1ccc(C(=O)N2CCC[C@@H](c3noc(-c4ccccc4OC)n3)C2)n1. The van der Waals surface area contributed by atoms with Crippen LogP contribution in [0.15, 0.2) is 41.1 Å². The molecular formula is C20H23N5O3. The first-order valence-corrected chi connectivity index (χ1v) is 9.49. The molecule has 0 unspecified atom stereocenters. The smallest absolute Gasteiger partial charge is 0.274 e. The Morgan fingerprint density at radius 3 is 2.96 bits per heavy atom. The molecular weight excluding hydrogens is 358 g/mol. The van der Waals surface area contributed by atoms with Gasteiger partial charge in [0.05, 0.1) is 12.7 Å². The van der Waals surface area contributed by atoms with Crippen molar-refractivity contribution in [3.8, 4) is 17.2 Å². The van der Waals surface area contributed by atoms with E-state index in [1.54, 1.807) is 17.9 Å². The van der Waals surface area contributed by atoms with Crippen molar-refractivity contribution in [1.29, 1.82) is 0 Å². The normalized spacial score (nSPS) is 16.9. The van der Waals surface area contributed by atoms with E-state index in [0.717, 1.165) is 24.9 Å². The Bertz CT molecular complexity index is 964. The summed E-state index contributed by atoms with van der Waals surface area (Å²) in [5, 5.41) is 8.50. The molecule has 1 aliphatic rings. The second-order valence-corrected chi connectivity index (χ2v) is 6.81. The molecule has 0 spiro atoms. The monoisotopic (exact) mass is 381 g/mol. The van der Waals surface area contributed by atoms with Gasteiger partial charge in [0.25, 0.3) is 11.8 Å². The minimum absolute atomic E-state index is 0.0400. The predicted molar refractivity (Wildman–Crippen MR) is 102 cm³/mol. The van der Waals surface area contributed by atoms with Crippen molar-refractivity contribution in [3.63, 3.8) is 0 Å². The highest BCUT2D eigenvalue weighted by molar-refractivity contribution is 5.92. The van der Waals surface area contributed by atoms with E-state index in [2.05, 4.69) is 15.2 Å². The zero-order valence-corrected chi connectivity index (χ0v) is 16.0. The number of carbonyl (C=O) groups is 1. The van der Waals surface area contributed by atoms with Gasteiger partial charge in [0, 0.05) is 31.7 Å². The molecule has 1 saturated heterocycles. The Kier molecular flexibility index (Phi) is 5.10. The largest absolute Gasteiger partial charge is 0.496 e. The molecule has 0 saturated carbocycles. The summed E-state index contributed by atoms with van der Waals surface area (Å²) in [4.78, 5) is 19.2. The molecule has 0 radical (unpaired) electrons. The standard InChI is InChI=1S/C20H23N5O3/c1-3-25-12-10-16(22-25)20(26)24-11-6-7-14(13-24)18-21-19(28-23-18)15-8-4-5-9-17(15)27-2/h4-5,8-10,12,14H,3,6-7,11,13H2,1-2H3/t14-/m1/s1. The van der Waals surface area contributed by atoms with E-state index in [4.69, 9.17) is 9.26 Å². The molecule has 8 nitrogen and oxygen atoms in total. The van der Waals surface area contributed by atoms with Gasteiger partial charge in [0.15, 0.2) is 5.82 Å². The summed E-state index contributed by atoms with van der Waals surface area (Å²) in [6, 6.07) is 9.30. The number of methoxy groups -OCH3 is 1. The molecule has 1 aliphatic heterocycles. The van der Waals surface area contributed by atoms with Gasteiger partial charge in [-0.15, -0.1) is 0 Å². The Morgan fingerprint density at radius 2 is 2.18 bits per heavy atom. The lowest BCUT2D eigenvalue weighted by atomic mass is 9.97. The zero-order valence-electron chi connectivity index (χ0n) is 16.0. The zero-order chi connectivity index (χ0) is 19.5. The van der Waals surface area contributed by atoms with Crippen LogP contribution in [0.4, 0.5) is 0 Å². The molecule has 1 amide bonds. The highest BCUT2D eigenvalue weighted by Crippen LogP contribution is 2.31. The number of rotatable bonds is 5. The topological polar surface area (TPSA) is 86.3 Å². The van der Waals surface area contributed by atoms with Crippen LogP contribution in [-0.2, 0) is 6.54 Å². The number of aromatic nitrogens is 4. The third-order valence-electron chi connectivity index (χ3n) is 5.04.